The van der Waals surface area contributed by atoms with Crippen molar-refractivity contribution in [2.75, 3.05) is 18.0 Å². The van der Waals surface area contributed by atoms with Crippen LogP contribution in [0.15, 0.2) is 22.7 Å². The number of amides is 2. The van der Waals surface area contributed by atoms with Crippen LogP contribution in [0.5, 0.6) is 0 Å². The maximum Gasteiger partial charge on any atom is 0.235 e. The maximum absolute atomic E-state index is 13.0. The summed E-state index contributed by atoms with van der Waals surface area (Å²) in [6, 6.07) is 1.72. The van der Waals surface area contributed by atoms with Crippen molar-refractivity contribution in [3.63, 3.8) is 0 Å². The highest BCUT2D eigenvalue weighted by Crippen LogP contribution is 2.52. The first-order valence-corrected chi connectivity index (χ1v) is 8.45. The van der Waals surface area contributed by atoms with Crippen LogP contribution in [0, 0.1) is 18.8 Å². The Kier molecular flexibility index (Phi) is 3.49. The number of hydrogen-bond donors (Lipinski definition) is 1. The molecule has 2 saturated heterocycles. The summed E-state index contributed by atoms with van der Waals surface area (Å²) in [5, 5.41) is 6.88. The van der Waals surface area contributed by atoms with Crippen molar-refractivity contribution in [2.24, 2.45) is 11.8 Å². The standard InChI is InChI=1S/C17H21N3O4/c1-3-4-7-18-15(21)13-11-5-6-17(23-11)9-20(16(22)14(13)17)12-8-10(2)24-19-12/h5-6,8,11,13-14H,3-4,7,9H2,1-2H3,(H,18,21)/t11-,13+,14+,17+/m1/s1. The molecule has 4 rings (SSSR count). The number of fused-ring (bicyclic) bond motifs is 1. The molecule has 4 heterocycles. The van der Waals surface area contributed by atoms with E-state index in [1.54, 1.807) is 17.9 Å². The van der Waals surface area contributed by atoms with Crippen LogP contribution < -0.4 is 10.2 Å². The van der Waals surface area contributed by atoms with Gasteiger partial charge in [0.15, 0.2) is 5.82 Å². The number of anilines is 1. The van der Waals surface area contributed by atoms with Crippen molar-refractivity contribution >= 4 is 17.6 Å². The minimum Gasteiger partial charge on any atom is -0.360 e. The van der Waals surface area contributed by atoms with Gasteiger partial charge in [-0.05, 0) is 13.3 Å². The van der Waals surface area contributed by atoms with Gasteiger partial charge in [0.25, 0.3) is 0 Å². The Morgan fingerprint density at radius 1 is 1.54 bits per heavy atom. The summed E-state index contributed by atoms with van der Waals surface area (Å²) in [5.74, 6) is -0.0701. The van der Waals surface area contributed by atoms with Crippen molar-refractivity contribution in [1.29, 1.82) is 0 Å². The molecule has 1 spiro atoms. The van der Waals surface area contributed by atoms with Crippen molar-refractivity contribution < 1.29 is 18.8 Å². The second-order valence-electron chi connectivity index (χ2n) is 6.76. The number of carbonyl (C=O) groups is 2. The van der Waals surface area contributed by atoms with Gasteiger partial charge in [0.1, 0.15) is 11.4 Å². The van der Waals surface area contributed by atoms with E-state index in [1.165, 1.54) is 0 Å². The first kappa shape index (κ1) is 15.4. The molecule has 4 atom stereocenters. The molecule has 1 N–H and O–H groups in total. The zero-order valence-electron chi connectivity index (χ0n) is 13.8. The lowest BCUT2D eigenvalue weighted by molar-refractivity contribution is -0.131. The Bertz CT molecular complexity index is 712. The minimum absolute atomic E-state index is 0.101. The van der Waals surface area contributed by atoms with E-state index in [1.807, 2.05) is 12.2 Å². The molecular weight excluding hydrogens is 310 g/mol. The number of nitrogens with zero attached hydrogens (tertiary/aromatic N) is 2. The monoisotopic (exact) mass is 331 g/mol. The van der Waals surface area contributed by atoms with Gasteiger partial charge < -0.3 is 14.6 Å². The molecule has 0 aliphatic carbocycles. The summed E-state index contributed by atoms with van der Waals surface area (Å²) in [5.41, 5.74) is -0.721. The predicted molar refractivity (Wildman–Crippen MR) is 85.2 cm³/mol. The quantitative estimate of drug-likeness (QED) is 0.647. The van der Waals surface area contributed by atoms with E-state index < -0.39 is 17.4 Å². The lowest BCUT2D eigenvalue weighted by Gasteiger charge is -2.23. The third kappa shape index (κ3) is 2.11. The average molecular weight is 331 g/mol. The van der Waals surface area contributed by atoms with Gasteiger partial charge in [-0.3, -0.25) is 14.5 Å². The summed E-state index contributed by atoms with van der Waals surface area (Å²) in [6.07, 6.45) is 5.46. The molecule has 0 unspecified atom stereocenters. The minimum atomic E-state index is -0.721. The highest BCUT2D eigenvalue weighted by atomic mass is 16.5. The highest BCUT2D eigenvalue weighted by Gasteiger charge is 2.67. The van der Waals surface area contributed by atoms with E-state index in [0.29, 0.717) is 24.7 Å². The van der Waals surface area contributed by atoms with E-state index >= 15 is 0 Å². The molecule has 2 bridgehead atoms. The zero-order chi connectivity index (χ0) is 16.9. The number of rotatable bonds is 5. The van der Waals surface area contributed by atoms with Crippen LogP contribution in [-0.2, 0) is 14.3 Å². The Balaban J connectivity index is 1.59. The highest BCUT2D eigenvalue weighted by molar-refractivity contribution is 6.02. The van der Waals surface area contributed by atoms with Gasteiger partial charge in [-0.1, -0.05) is 30.7 Å². The topological polar surface area (TPSA) is 84.7 Å². The van der Waals surface area contributed by atoms with Crippen molar-refractivity contribution in [3.05, 3.63) is 24.0 Å². The van der Waals surface area contributed by atoms with Crippen LogP contribution in [0.3, 0.4) is 0 Å². The van der Waals surface area contributed by atoms with Crippen LogP contribution in [0.25, 0.3) is 0 Å². The number of nitrogens with one attached hydrogen (secondary N) is 1. The average Bonchev–Trinajstić information content (AvgIpc) is 3.28. The van der Waals surface area contributed by atoms with E-state index in [4.69, 9.17) is 9.26 Å². The maximum atomic E-state index is 13.0. The third-order valence-electron chi connectivity index (χ3n) is 5.12. The van der Waals surface area contributed by atoms with Crippen LogP contribution in [0.4, 0.5) is 5.82 Å². The lowest BCUT2D eigenvalue weighted by Crippen LogP contribution is -2.44. The predicted octanol–water partition coefficient (Wildman–Crippen LogP) is 1.19. The lowest BCUT2D eigenvalue weighted by atomic mass is 9.77. The largest absolute Gasteiger partial charge is 0.360 e. The van der Waals surface area contributed by atoms with E-state index in [9.17, 15) is 9.59 Å². The molecule has 7 nitrogen and oxygen atoms in total. The van der Waals surface area contributed by atoms with Crippen LogP contribution >= 0.6 is 0 Å². The summed E-state index contributed by atoms with van der Waals surface area (Å²) in [7, 11) is 0. The molecular formula is C17H21N3O4. The molecule has 0 saturated carbocycles. The van der Waals surface area contributed by atoms with Crippen LogP contribution in [-0.4, -0.2) is 41.8 Å². The number of carbonyl (C=O) groups excluding carboxylic acids is 2. The molecule has 2 fully saturated rings. The fourth-order valence-electron chi connectivity index (χ4n) is 3.98. The first-order chi connectivity index (χ1) is 11.6. The van der Waals surface area contributed by atoms with Gasteiger partial charge >= 0.3 is 0 Å². The molecule has 3 aliphatic rings. The van der Waals surface area contributed by atoms with Gasteiger partial charge in [0.05, 0.1) is 24.5 Å². The molecule has 3 aliphatic heterocycles. The first-order valence-electron chi connectivity index (χ1n) is 8.45. The van der Waals surface area contributed by atoms with Crippen LogP contribution in [0.2, 0.25) is 0 Å². The van der Waals surface area contributed by atoms with Gasteiger partial charge in [-0.15, -0.1) is 0 Å². The second-order valence-corrected chi connectivity index (χ2v) is 6.76. The summed E-state index contributed by atoms with van der Waals surface area (Å²) < 4.78 is 11.1. The molecule has 128 valence electrons. The van der Waals surface area contributed by atoms with Gasteiger partial charge in [0, 0.05) is 12.6 Å². The van der Waals surface area contributed by atoms with E-state index in [0.717, 1.165) is 12.8 Å². The SMILES string of the molecule is CCCCNC(=O)[C@@H]1[C@H]2C(=O)N(c3cc(C)on3)C[C@@]23C=C[C@H]1O3. The van der Waals surface area contributed by atoms with Gasteiger partial charge in [-0.25, -0.2) is 0 Å². The summed E-state index contributed by atoms with van der Waals surface area (Å²) >= 11 is 0. The third-order valence-corrected chi connectivity index (χ3v) is 5.12. The van der Waals surface area contributed by atoms with Gasteiger partial charge in [-0.2, -0.15) is 0 Å². The fraction of sp³-hybridized carbons (Fsp3) is 0.588. The van der Waals surface area contributed by atoms with Crippen molar-refractivity contribution in [3.8, 4) is 0 Å². The molecule has 2 amide bonds. The molecule has 0 radical (unpaired) electrons. The normalized spacial score (nSPS) is 33.3. The molecule has 7 heteroatoms. The Hall–Kier alpha value is -2.15. The Morgan fingerprint density at radius 3 is 3.08 bits per heavy atom. The zero-order valence-corrected chi connectivity index (χ0v) is 13.8. The second kappa shape index (κ2) is 5.44. The number of aryl methyl sites for hydroxylation is 1. The van der Waals surface area contributed by atoms with E-state index in [2.05, 4.69) is 17.4 Å². The number of aromatic nitrogens is 1. The number of unbranched alkanes of at least 4 members (excludes halogenated alkanes) is 1. The van der Waals surface area contributed by atoms with Gasteiger partial charge in [0.2, 0.25) is 11.8 Å². The smallest absolute Gasteiger partial charge is 0.235 e. The Labute approximate surface area is 140 Å². The molecule has 0 aromatic carbocycles. The van der Waals surface area contributed by atoms with Crippen molar-refractivity contribution in [1.82, 2.24) is 10.5 Å². The van der Waals surface area contributed by atoms with E-state index in [-0.39, 0.29) is 17.9 Å². The molecule has 24 heavy (non-hydrogen) atoms. The van der Waals surface area contributed by atoms with Crippen LogP contribution in [0.1, 0.15) is 25.5 Å². The van der Waals surface area contributed by atoms with Crippen molar-refractivity contribution in [2.45, 2.75) is 38.4 Å². The molecule has 1 aromatic heterocycles. The Morgan fingerprint density at radius 2 is 2.38 bits per heavy atom. The number of ether oxygens (including phenoxy) is 1. The fourth-order valence-corrected chi connectivity index (χ4v) is 3.98. The summed E-state index contributed by atoms with van der Waals surface area (Å²) in [6.45, 7) is 4.85. The number of hydrogen-bond acceptors (Lipinski definition) is 5. The summed E-state index contributed by atoms with van der Waals surface area (Å²) in [4.78, 5) is 27.2. The molecule has 1 aromatic rings.